The molecule has 2 aliphatic rings. The Morgan fingerprint density at radius 3 is 2.59 bits per heavy atom. The Morgan fingerprint density at radius 2 is 1.87 bits per heavy atom. The molecule has 0 bridgehead atoms. The second-order valence-corrected chi connectivity index (χ2v) is 11.7. The number of nitrogens with zero attached hydrogens (tertiary/aromatic N) is 6. The monoisotopic (exact) mass is 551 g/mol. The number of hydrogen-bond acceptors (Lipinski definition) is 8. The van der Waals surface area contributed by atoms with E-state index in [0.717, 1.165) is 41.6 Å². The molecule has 4 aromatic heterocycles. The summed E-state index contributed by atoms with van der Waals surface area (Å²) in [5, 5.41) is 4.40. The highest BCUT2D eigenvalue weighted by Crippen LogP contribution is 2.38. The minimum Gasteiger partial charge on any atom is -0.372 e. The number of aromatic nitrogens is 6. The molecule has 0 aromatic carbocycles. The molecule has 6 rings (SSSR count). The molecule has 11 heteroatoms. The van der Waals surface area contributed by atoms with Crippen molar-refractivity contribution in [2.24, 2.45) is 11.8 Å². The molecule has 2 fully saturated rings. The van der Waals surface area contributed by atoms with Crippen molar-refractivity contribution in [1.82, 2.24) is 29.7 Å². The van der Waals surface area contributed by atoms with Crippen molar-refractivity contribution in [3.05, 3.63) is 40.1 Å². The maximum absolute atomic E-state index is 11.8. The second-order valence-electron chi connectivity index (χ2n) is 11.3. The Bertz CT molecular complexity index is 1540. The Morgan fingerprint density at radius 1 is 1.08 bits per heavy atom. The largest absolute Gasteiger partial charge is 0.439 e. The van der Waals surface area contributed by atoms with Crippen LogP contribution in [0.15, 0.2) is 33.8 Å². The van der Waals surface area contributed by atoms with Gasteiger partial charge in [0.05, 0.1) is 40.0 Å². The van der Waals surface area contributed by atoms with Crippen molar-refractivity contribution >= 4 is 28.6 Å². The van der Waals surface area contributed by atoms with E-state index >= 15 is 0 Å². The van der Waals surface area contributed by atoms with Crippen molar-refractivity contribution < 1.29 is 9.26 Å². The van der Waals surface area contributed by atoms with Gasteiger partial charge in [-0.2, -0.15) is 0 Å². The van der Waals surface area contributed by atoms with Crippen molar-refractivity contribution in [3.8, 4) is 22.8 Å². The van der Waals surface area contributed by atoms with Crippen LogP contribution in [0, 0.1) is 11.8 Å². The summed E-state index contributed by atoms with van der Waals surface area (Å²) >= 11 is 6.38. The van der Waals surface area contributed by atoms with Crippen LogP contribution in [-0.4, -0.2) is 54.5 Å². The molecular formula is C28H34ClN7O3. The minimum atomic E-state index is -0.638. The lowest BCUT2D eigenvalue weighted by molar-refractivity contribution is -0.0265. The van der Waals surface area contributed by atoms with Gasteiger partial charge in [0.1, 0.15) is 5.69 Å². The molecule has 39 heavy (non-hydrogen) atoms. The van der Waals surface area contributed by atoms with Gasteiger partial charge in [-0.3, -0.25) is 14.5 Å². The predicted octanol–water partition coefficient (Wildman–Crippen LogP) is 5.32. The zero-order chi connectivity index (χ0) is 27.3. The second kappa shape index (κ2) is 10.4. The molecule has 3 atom stereocenters. The summed E-state index contributed by atoms with van der Waals surface area (Å²) in [6.07, 6.45) is 8.34. The topological polar surface area (TPSA) is 115 Å². The smallest absolute Gasteiger partial charge is 0.372 e. The number of rotatable bonds is 5. The van der Waals surface area contributed by atoms with Gasteiger partial charge in [0.2, 0.25) is 11.8 Å². The molecule has 206 valence electrons. The number of H-pyrrole nitrogens is 1. The summed E-state index contributed by atoms with van der Waals surface area (Å²) in [4.78, 5) is 31.3. The first-order valence-electron chi connectivity index (χ1n) is 13.8. The van der Waals surface area contributed by atoms with Gasteiger partial charge in [0.15, 0.2) is 0 Å². The van der Waals surface area contributed by atoms with Crippen LogP contribution in [0.2, 0.25) is 5.02 Å². The fourth-order valence-electron chi connectivity index (χ4n) is 5.99. The number of morpholine rings is 1. The first-order chi connectivity index (χ1) is 18.8. The Balaban J connectivity index is 1.58. The molecule has 0 amide bonds. The Kier molecular flexibility index (Phi) is 6.93. The van der Waals surface area contributed by atoms with Gasteiger partial charge in [0.25, 0.3) is 0 Å². The first-order valence-corrected chi connectivity index (χ1v) is 14.1. The number of aromatic amines is 1. The summed E-state index contributed by atoms with van der Waals surface area (Å²) in [6, 6.07) is 3.86. The lowest BCUT2D eigenvalue weighted by atomic mass is 9.83. The normalized spacial score (nSPS) is 25.9. The van der Waals surface area contributed by atoms with Crippen LogP contribution >= 0.6 is 11.6 Å². The van der Waals surface area contributed by atoms with E-state index in [1.54, 1.807) is 12.4 Å². The minimum absolute atomic E-state index is 0.0584. The van der Waals surface area contributed by atoms with Crippen molar-refractivity contribution in [1.29, 1.82) is 0 Å². The van der Waals surface area contributed by atoms with E-state index in [1.807, 2.05) is 12.1 Å². The third-order valence-electron chi connectivity index (χ3n) is 8.27. The lowest BCUT2D eigenvalue weighted by Gasteiger charge is -2.42. The fourth-order valence-corrected chi connectivity index (χ4v) is 6.17. The van der Waals surface area contributed by atoms with Crippen LogP contribution < -0.4 is 10.7 Å². The quantitative estimate of drug-likeness (QED) is 0.354. The fraction of sp³-hybridized carbons (Fsp3) is 0.536. The SMILES string of the molecule is CC1CCC(Cn2c(N3CC(C)O[C@H](C)[C@H]3C)nc3cc(-c4noc(=O)[nH]4)nc(-c4cncc(Cl)c4)c32)CC1. The molecule has 5 heterocycles. The average molecular weight is 552 g/mol. The number of hydrogen-bond donors (Lipinski definition) is 1. The molecule has 1 N–H and O–H groups in total. The van der Waals surface area contributed by atoms with E-state index in [9.17, 15) is 4.79 Å². The highest BCUT2D eigenvalue weighted by Gasteiger charge is 2.34. The number of fused-ring (bicyclic) bond motifs is 1. The number of anilines is 1. The van der Waals surface area contributed by atoms with Crippen LogP contribution in [0.25, 0.3) is 33.8 Å². The van der Waals surface area contributed by atoms with Gasteiger partial charge >= 0.3 is 5.76 Å². The molecule has 4 aromatic rings. The summed E-state index contributed by atoms with van der Waals surface area (Å²) in [5.74, 6) is 1.82. The number of halogens is 1. The van der Waals surface area contributed by atoms with Crippen molar-refractivity contribution in [3.63, 3.8) is 0 Å². The summed E-state index contributed by atoms with van der Waals surface area (Å²) in [6.45, 7) is 10.3. The molecule has 0 radical (unpaired) electrons. The van der Waals surface area contributed by atoms with Gasteiger partial charge in [-0.05, 0) is 57.6 Å². The molecule has 1 aliphatic heterocycles. The summed E-state index contributed by atoms with van der Waals surface area (Å²) < 4.78 is 13.3. The van der Waals surface area contributed by atoms with Crippen LogP contribution in [0.1, 0.15) is 53.4 Å². The molecule has 1 aliphatic carbocycles. The summed E-state index contributed by atoms with van der Waals surface area (Å²) in [7, 11) is 0. The predicted molar refractivity (Wildman–Crippen MR) is 150 cm³/mol. The average Bonchev–Trinajstić information content (AvgIpc) is 3.50. The van der Waals surface area contributed by atoms with Crippen LogP contribution in [0.5, 0.6) is 0 Å². The van der Waals surface area contributed by atoms with Gasteiger partial charge in [-0.1, -0.05) is 36.5 Å². The number of ether oxygens (including phenoxy) is 1. The Labute approximate surface area is 231 Å². The highest BCUT2D eigenvalue weighted by atomic mass is 35.5. The molecule has 1 saturated heterocycles. The van der Waals surface area contributed by atoms with Crippen molar-refractivity contribution in [2.75, 3.05) is 11.4 Å². The van der Waals surface area contributed by atoms with E-state index in [4.69, 9.17) is 30.8 Å². The molecular weight excluding hydrogens is 518 g/mol. The molecule has 1 unspecified atom stereocenters. The maximum atomic E-state index is 11.8. The first kappa shape index (κ1) is 26.0. The highest BCUT2D eigenvalue weighted by molar-refractivity contribution is 6.30. The van der Waals surface area contributed by atoms with Gasteiger partial charge in [-0.25, -0.2) is 14.8 Å². The Hall–Kier alpha value is -3.24. The van der Waals surface area contributed by atoms with Crippen LogP contribution in [0.4, 0.5) is 5.95 Å². The van der Waals surface area contributed by atoms with E-state index in [-0.39, 0.29) is 24.1 Å². The standard InChI is InChI=1S/C28H34ClN7O3/c1-15-5-7-19(8-6-15)14-36-25-22(32-27(36)35-13-16(2)38-18(4)17(35)3)10-23(26-33-28(37)39-34-26)31-24(25)20-9-21(29)12-30-11-20/h9-12,15-19H,5-8,13-14H2,1-4H3,(H,33,34,37)/t15?,16?,17-,18-,19?/m1/s1. The molecule has 10 nitrogen and oxygen atoms in total. The van der Waals surface area contributed by atoms with Gasteiger partial charge < -0.3 is 14.2 Å². The van der Waals surface area contributed by atoms with Crippen LogP contribution in [-0.2, 0) is 11.3 Å². The number of nitrogens with one attached hydrogen (secondary N) is 1. The van der Waals surface area contributed by atoms with Crippen molar-refractivity contribution in [2.45, 2.75) is 78.2 Å². The third kappa shape index (κ3) is 5.07. The zero-order valence-corrected chi connectivity index (χ0v) is 23.5. The van der Waals surface area contributed by atoms with E-state index in [0.29, 0.717) is 22.3 Å². The zero-order valence-electron chi connectivity index (χ0n) is 22.7. The summed E-state index contributed by atoms with van der Waals surface area (Å²) in [5.41, 5.74) is 3.59. The van der Waals surface area contributed by atoms with Gasteiger partial charge in [-0.15, -0.1) is 0 Å². The third-order valence-corrected chi connectivity index (χ3v) is 8.48. The molecule has 0 spiro atoms. The van der Waals surface area contributed by atoms with E-state index in [1.165, 1.54) is 25.7 Å². The molecule has 1 saturated carbocycles. The lowest BCUT2D eigenvalue weighted by Crippen LogP contribution is -2.53. The van der Waals surface area contributed by atoms with E-state index < -0.39 is 5.76 Å². The van der Waals surface area contributed by atoms with Gasteiger partial charge in [0, 0.05) is 31.0 Å². The van der Waals surface area contributed by atoms with E-state index in [2.05, 4.69) is 52.3 Å². The van der Waals surface area contributed by atoms with Crippen LogP contribution in [0.3, 0.4) is 0 Å². The maximum Gasteiger partial charge on any atom is 0.439 e. The number of pyridine rings is 2. The number of imidazole rings is 1.